The van der Waals surface area contributed by atoms with Gasteiger partial charge in [0.1, 0.15) is 12.4 Å². The van der Waals surface area contributed by atoms with Crippen LogP contribution in [0.25, 0.3) is 0 Å². The van der Waals surface area contributed by atoms with Gasteiger partial charge in [-0.05, 0) is 24.3 Å². The number of amides is 1. The molecule has 0 aliphatic heterocycles. The molecule has 1 amide bonds. The second-order valence-electron chi connectivity index (χ2n) is 3.67. The largest absolute Gasteiger partial charge is 0.490 e. The number of nitrogens with one attached hydrogen (secondary N) is 1. The highest BCUT2D eigenvalue weighted by Crippen LogP contribution is 2.12. The van der Waals surface area contributed by atoms with Crippen LogP contribution in [0.15, 0.2) is 36.9 Å². The Balaban J connectivity index is 2.67. The quantitative estimate of drug-likeness (QED) is 0.621. The first-order valence-electron chi connectivity index (χ1n) is 5.56. The lowest BCUT2D eigenvalue weighted by atomic mass is 10.2. The van der Waals surface area contributed by atoms with E-state index in [9.17, 15) is 9.59 Å². The second-order valence-corrected chi connectivity index (χ2v) is 3.67. The third-order valence-electron chi connectivity index (χ3n) is 2.27. The van der Waals surface area contributed by atoms with Crippen molar-refractivity contribution < 1.29 is 24.5 Å². The van der Waals surface area contributed by atoms with Crippen LogP contribution in [-0.2, 0) is 4.79 Å². The van der Waals surface area contributed by atoms with Crippen molar-refractivity contribution >= 4 is 11.9 Å². The summed E-state index contributed by atoms with van der Waals surface area (Å²) in [5.74, 6) is -1.29. The van der Waals surface area contributed by atoms with Crippen LogP contribution in [0.5, 0.6) is 5.75 Å². The topological polar surface area (TPSA) is 95.9 Å². The molecule has 1 aromatic carbocycles. The fraction of sp³-hybridized carbons (Fsp3) is 0.231. The van der Waals surface area contributed by atoms with Gasteiger partial charge in [0.25, 0.3) is 5.91 Å². The van der Waals surface area contributed by atoms with Crippen molar-refractivity contribution in [3.8, 4) is 5.75 Å². The van der Waals surface area contributed by atoms with Crippen molar-refractivity contribution in [3.05, 3.63) is 42.5 Å². The summed E-state index contributed by atoms with van der Waals surface area (Å²) in [6.07, 6.45) is 1.60. The molecule has 0 bridgehead atoms. The maximum atomic E-state index is 11.7. The maximum absolute atomic E-state index is 11.7. The molecule has 0 aromatic heterocycles. The Hall–Kier alpha value is -2.34. The predicted octanol–water partition coefficient (Wildman–Crippen LogP) is 0.427. The van der Waals surface area contributed by atoms with Crippen LogP contribution in [0.4, 0.5) is 0 Å². The van der Waals surface area contributed by atoms with Crippen molar-refractivity contribution in [3.63, 3.8) is 0 Å². The number of hydrogen-bond donors (Lipinski definition) is 3. The number of ether oxygens (including phenoxy) is 1. The number of aliphatic hydroxyl groups is 1. The summed E-state index contributed by atoms with van der Waals surface area (Å²) >= 11 is 0. The van der Waals surface area contributed by atoms with E-state index in [0.717, 1.165) is 0 Å². The summed E-state index contributed by atoms with van der Waals surface area (Å²) in [5, 5.41) is 19.7. The van der Waals surface area contributed by atoms with Crippen LogP contribution in [-0.4, -0.2) is 41.3 Å². The zero-order valence-electron chi connectivity index (χ0n) is 10.2. The zero-order valence-corrected chi connectivity index (χ0v) is 10.2. The molecular weight excluding hydrogens is 250 g/mol. The van der Waals surface area contributed by atoms with E-state index in [0.29, 0.717) is 12.4 Å². The fourth-order valence-electron chi connectivity index (χ4n) is 1.28. The summed E-state index contributed by atoms with van der Waals surface area (Å²) in [6.45, 7) is 3.20. The summed E-state index contributed by atoms with van der Waals surface area (Å²) in [4.78, 5) is 22.4. The third-order valence-corrected chi connectivity index (χ3v) is 2.27. The lowest BCUT2D eigenvalue weighted by Gasteiger charge is -2.11. The highest BCUT2D eigenvalue weighted by Gasteiger charge is 2.19. The van der Waals surface area contributed by atoms with Crippen LogP contribution in [0, 0.1) is 0 Å². The highest BCUT2D eigenvalue weighted by atomic mass is 16.5. The van der Waals surface area contributed by atoms with Crippen LogP contribution < -0.4 is 10.1 Å². The molecule has 0 saturated heterocycles. The van der Waals surface area contributed by atoms with Crippen LogP contribution >= 0.6 is 0 Å². The minimum absolute atomic E-state index is 0.283. The highest BCUT2D eigenvalue weighted by molar-refractivity contribution is 5.96. The van der Waals surface area contributed by atoms with Gasteiger partial charge in [-0.25, -0.2) is 4.79 Å². The standard InChI is InChI=1S/C13H15NO5/c1-2-7-19-10-5-3-9(4-6-10)12(16)14-11(8-15)13(17)18/h2-6,11,15H,1,7-8H2,(H,14,16)(H,17,18). The lowest BCUT2D eigenvalue weighted by molar-refractivity contribution is -0.140. The van der Waals surface area contributed by atoms with Gasteiger partial charge in [0.15, 0.2) is 6.04 Å². The Morgan fingerprint density at radius 2 is 2.00 bits per heavy atom. The first-order chi connectivity index (χ1) is 9.08. The molecule has 1 aromatic rings. The molecule has 0 aliphatic carbocycles. The monoisotopic (exact) mass is 265 g/mol. The summed E-state index contributed by atoms with van der Waals surface area (Å²) in [7, 11) is 0. The summed E-state index contributed by atoms with van der Waals surface area (Å²) in [5.41, 5.74) is 0.283. The van der Waals surface area contributed by atoms with Gasteiger partial charge in [0.05, 0.1) is 6.61 Å². The average molecular weight is 265 g/mol. The Morgan fingerprint density at radius 3 is 2.47 bits per heavy atom. The lowest BCUT2D eigenvalue weighted by Crippen LogP contribution is -2.43. The van der Waals surface area contributed by atoms with Crippen molar-refractivity contribution in [1.29, 1.82) is 0 Å². The van der Waals surface area contributed by atoms with E-state index in [2.05, 4.69) is 11.9 Å². The molecule has 0 fully saturated rings. The minimum atomic E-state index is -1.32. The number of carbonyl (C=O) groups excluding carboxylic acids is 1. The van der Waals surface area contributed by atoms with Crippen LogP contribution in [0.3, 0.4) is 0 Å². The molecule has 19 heavy (non-hydrogen) atoms. The van der Waals surface area contributed by atoms with Crippen molar-refractivity contribution in [2.45, 2.75) is 6.04 Å². The van der Waals surface area contributed by atoms with Gasteiger partial charge in [0, 0.05) is 5.56 Å². The SMILES string of the molecule is C=CCOc1ccc(C(=O)NC(CO)C(=O)O)cc1. The van der Waals surface area contributed by atoms with E-state index >= 15 is 0 Å². The first kappa shape index (κ1) is 14.7. The molecule has 6 heteroatoms. The van der Waals surface area contributed by atoms with Gasteiger partial charge in [-0.1, -0.05) is 12.7 Å². The average Bonchev–Trinajstić information content (AvgIpc) is 2.42. The predicted molar refractivity (Wildman–Crippen MR) is 68.1 cm³/mol. The molecule has 3 N–H and O–H groups in total. The molecule has 0 saturated carbocycles. The molecule has 1 atom stereocenters. The van der Waals surface area contributed by atoms with E-state index < -0.39 is 24.5 Å². The molecular formula is C13H15NO5. The fourth-order valence-corrected chi connectivity index (χ4v) is 1.28. The zero-order chi connectivity index (χ0) is 14.3. The normalized spacial score (nSPS) is 11.4. The number of carboxylic acid groups (broad SMARTS) is 1. The Kier molecular flexibility index (Phi) is 5.56. The second kappa shape index (κ2) is 7.17. The number of rotatable bonds is 7. The van der Waals surface area contributed by atoms with Crippen molar-refractivity contribution in [2.75, 3.05) is 13.2 Å². The van der Waals surface area contributed by atoms with Gasteiger partial charge in [-0.15, -0.1) is 0 Å². The molecule has 102 valence electrons. The van der Waals surface area contributed by atoms with E-state index in [1.165, 1.54) is 12.1 Å². The molecule has 0 radical (unpaired) electrons. The smallest absolute Gasteiger partial charge is 0.328 e. The van der Waals surface area contributed by atoms with Gasteiger partial charge < -0.3 is 20.3 Å². The number of carbonyl (C=O) groups is 2. The Labute approximate surface area is 110 Å². The van der Waals surface area contributed by atoms with Gasteiger partial charge in [-0.3, -0.25) is 4.79 Å². The molecule has 0 spiro atoms. The van der Waals surface area contributed by atoms with E-state index in [1.807, 2.05) is 0 Å². The van der Waals surface area contributed by atoms with Crippen molar-refractivity contribution in [1.82, 2.24) is 5.32 Å². The van der Waals surface area contributed by atoms with Gasteiger partial charge in [0.2, 0.25) is 0 Å². The summed E-state index contributed by atoms with van der Waals surface area (Å²) in [6, 6.07) is 4.87. The van der Waals surface area contributed by atoms with Gasteiger partial charge >= 0.3 is 5.97 Å². The van der Waals surface area contributed by atoms with E-state index in [4.69, 9.17) is 14.9 Å². The van der Waals surface area contributed by atoms with Gasteiger partial charge in [-0.2, -0.15) is 0 Å². The number of aliphatic carboxylic acids is 1. The van der Waals surface area contributed by atoms with E-state index in [1.54, 1.807) is 18.2 Å². The molecule has 0 heterocycles. The maximum Gasteiger partial charge on any atom is 0.328 e. The molecule has 1 rings (SSSR count). The number of benzene rings is 1. The minimum Gasteiger partial charge on any atom is -0.490 e. The van der Waals surface area contributed by atoms with Crippen LogP contribution in [0.1, 0.15) is 10.4 Å². The van der Waals surface area contributed by atoms with Crippen LogP contribution in [0.2, 0.25) is 0 Å². The number of hydrogen-bond acceptors (Lipinski definition) is 4. The first-order valence-corrected chi connectivity index (χ1v) is 5.56. The molecule has 6 nitrogen and oxygen atoms in total. The van der Waals surface area contributed by atoms with E-state index in [-0.39, 0.29) is 5.56 Å². The Bertz CT molecular complexity index is 455. The summed E-state index contributed by atoms with van der Waals surface area (Å²) < 4.78 is 5.25. The third kappa shape index (κ3) is 4.44. The molecule has 1 unspecified atom stereocenters. The number of aliphatic hydroxyl groups excluding tert-OH is 1. The van der Waals surface area contributed by atoms with Crippen molar-refractivity contribution in [2.24, 2.45) is 0 Å². The number of carboxylic acids is 1. The Morgan fingerprint density at radius 1 is 1.37 bits per heavy atom. The molecule has 0 aliphatic rings.